The molecule has 0 aromatic carbocycles. The van der Waals surface area contributed by atoms with Gasteiger partial charge in [-0.3, -0.25) is 5.43 Å². The third-order valence-electron chi connectivity index (χ3n) is 2.00. The molecular formula is C12H27N3O3. The predicted octanol–water partition coefficient (Wildman–Crippen LogP) is 0.720. The SMILES string of the molecule is CCCNCCN(CCO)NC(=O)OC(C)(C)C. The monoisotopic (exact) mass is 261 g/mol. The second kappa shape index (κ2) is 9.13. The molecule has 0 rings (SSSR count). The minimum Gasteiger partial charge on any atom is -0.443 e. The quantitative estimate of drug-likeness (QED) is 0.443. The third kappa shape index (κ3) is 10.3. The van der Waals surface area contributed by atoms with Gasteiger partial charge in [0.25, 0.3) is 0 Å². The number of carbonyl (C=O) groups is 1. The molecule has 18 heavy (non-hydrogen) atoms. The summed E-state index contributed by atoms with van der Waals surface area (Å²) in [4.78, 5) is 11.6. The van der Waals surface area contributed by atoms with Crippen LogP contribution in [0.25, 0.3) is 0 Å². The summed E-state index contributed by atoms with van der Waals surface area (Å²) in [5, 5.41) is 13.8. The van der Waals surface area contributed by atoms with Crippen LogP contribution in [-0.2, 0) is 4.74 Å². The number of nitrogens with one attached hydrogen (secondary N) is 2. The van der Waals surface area contributed by atoms with Crippen molar-refractivity contribution < 1.29 is 14.6 Å². The van der Waals surface area contributed by atoms with Crippen LogP contribution in [0, 0.1) is 0 Å². The highest BCUT2D eigenvalue weighted by Gasteiger charge is 2.17. The van der Waals surface area contributed by atoms with Gasteiger partial charge in [0.15, 0.2) is 0 Å². The van der Waals surface area contributed by atoms with Gasteiger partial charge in [0.2, 0.25) is 0 Å². The first-order valence-electron chi connectivity index (χ1n) is 6.45. The number of ether oxygens (including phenoxy) is 1. The molecule has 0 aliphatic rings. The topological polar surface area (TPSA) is 73.8 Å². The van der Waals surface area contributed by atoms with Gasteiger partial charge in [-0.15, -0.1) is 0 Å². The molecule has 0 aromatic rings. The zero-order valence-electron chi connectivity index (χ0n) is 12.0. The van der Waals surface area contributed by atoms with Crippen molar-refractivity contribution in [2.24, 2.45) is 0 Å². The van der Waals surface area contributed by atoms with E-state index in [1.807, 2.05) is 20.8 Å². The molecule has 1 amide bonds. The van der Waals surface area contributed by atoms with Gasteiger partial charge >= 0.3 is 6.09 Å². The maximum absolute atomic E-state index is 11.6. The van der Waals surface area contributed by atoms with E-state index in [-0.39, 0.29) is 6.61 Å². The Kier molecular flexibility index (Phi) is 8.70. The summed E-state index contributed by atoms with van der Waals surface area (Å²) in [6, 6.07) is 0. The Morgan fingerprint density at radius 1 is 1.28 bits per heavy atom. The van der Waals surface area contributed by atoms with Crippen molar-refractivity contribution in [3.05, 3.63) is 0 Å². The number of amides is 1. The zero-order chi connectivity index (χ0) is 14.0. The predicted molar refractivity (Wildman–Crippen MR) is 71.2 cm³/mol. The Morgan fingerprint density at radius 2 is 1.94 bits per heavy atom. The summed E-state index contributed by atoms with van der Waals surface area (Å²) in [6.07, 6.45) is 0.575. The number of carbonyl (C=O) groups excluding carboxylic acids is 1. The van der Waals surface area contributed by atoms with Crippen molar-refractivity contribution in [1.29, 1.82) is 0 Å². The van der Waals surface area contributed by atoms with Gasteiger partial charge in [0.05, 0.1) is 6.61 Å². The third-order valence-corrected chi connectivity index (χ3v) is 2.00. The second-order valence-corrected chi connectivity index (χ2v) is 5.07. The number of aliphatic hydroxyl groups excluding tert-OH is 1. The average Bonchev–Trinajstić information content (AvgIpc) is 2.21. The summed E-state index contributed by atoms with van der Waals surface area (Å²) >= 11 is 0. The average molecular weight is 261 g/mol. The molecule has 3 N–H and O–H groups in total. The van der Waals surface area contributed by atoms with Crippen LogP contribution in [-0.4, -0.2) is 54.6 Å². The lowest BCUT2D eigenvalue weighted by molar-refractivity contribution is 0.0305. The molecule has 0 radical (unpaired) electrons. The highest BCUT2D eigenvalue weighted by Crippen LogP contribution is 2.06. The highest BCUT2D eigenvalue weighted by atomic mass is 16.6. The van der Waals surface area contributed by atoms with E-state index in [1.165, 1.54) is 0 Å². The van der Waals surface area contributed by atoms with Crippen LogP contribution in [0.2, 0.25) is 0 Å². The highest BCUT2D eigenvalue weighted by molar-refractivity contribution is 5.67. The van der Waals surface area contributed by atoms with Gasteiger partial charge in [0.1, 0.15) is 5.60 Å². The minimum absolute atomic E-state index is 0.0103. The number of hydrogen-bond donors (Lipinski definition) is 3. The lowest BCUT2D eigenvalue weighted by atomic mass is 10.2. The molecule has 0 unspecified atom stereocenters. The molecule has 0 bridgehead atoms. The van der Waals surface area contributed by atoms with Crippen molar-refractivity contribution in [2.45, 2.75) is 39.7 Å². The Balaban J connectivity index is 3.98. The van der Waals surface area contributed by atoms with Gasteiger partial charge in [-0.2, -0.15) is 0 Å². The van der Waals surface area contributed by atoms with Crippen LogP contribution in [0.1, 0.15) is 34.1 Å². The Labute approximate surface area is 110 Å². The van der Waals surface area contributed by atoms with Crippen LogP contribution in [0.4, 0.5) is 4.79 Å². The fraction of sp³-hybridized carbons (Fsp3) is 0.917. The molecule has 0 atom stereocenters. The lowest BCUT2D eigenvalue weighted by Crippen LogP contribution is -2.48. The molecule has 0 heterocycles. The Hall–Kier alpha value is -0.850. The first-order chi connectivity index (χ1) is 8.39. The van der Waals surface area contributed by atoms with Crippen LogP contribution in [0.5, 0.6) is 0 Å². The minimum atomic E-state index is -0.518. The van der Waals surface area contributed by atoms with E-state index in [0.717, 1.165) is 19.5 Å². The standard InChI is InChI=1S/C12H27N3O3/c1-5-6-13-7-8-15(9-10-16)14-11(17)18-12(2,3)4/h13,16H,5-10H2,1-4H3,(H,14,17). The zero-order valence-corrected chi connectivity index (χ0v) is 12.0. The van der Waals surface area contributed by atoms with Crippen LogP contribution in [0.3, 0.4) is 0 Å². The molecule has 0 aromatic heterocycles. The number of nitrogens with zero attached hydrogens (tertiary/aromatic N) is 1. The summed E-state index contributed by atoms with van der Waals surface area (Å²) in [5.41, 5.74) is 2.11. The van der Waals surface area contributed by atoms with Crippen molar-refractivity contribution in [3.63, 3.8) is 0 Å². The van der Waals surface area contributed by atoms with Crippen LogP contribution < -0.4 is 10.7 Å². The van der Waals surface area contributed by atoms with Crippen LogP contribution >= 0.6 is 0 Å². The van der Waals surface area contributed by atoms with E-state index in [0.29, 0.717) is 13.1 Å². The molecule has 0 fully saturated rings. The van der Waals surface area contributed by atoms with Crippen molar-refractivity contribution in [2.75, 3.05) is 32.8 Å². The van der Waals surface area contributed by atoms with Gasteiger partial charge in [-0.25, -0.2) is 9.80 Å². The number of aliphatic hydroxyl groups is 1. The van der Waals surface area contributed by atoms with Crippen molar-refractivity contribution in [3.8, 4) is 0 Å². The molecule has 0 aliphatic heterocycles. The number of hydrogen-bond acceptors (Lipinski definition) is 5. The molecule has 108 valence electrons. The van der Waals surface area contributed by atoms with Crippen LogP contribution in [0.15, 0.2) is 0 Å². The van der Waals surface area contributed by atoms with Crippen molar-refractivity contribution >= 4 is 6.09 Å². The van der Waals surface area contributed by atoms with Gasteiger partial charge in [-0.05, 0) is 33.7 Å². The van der Waals surface area contributed by atoms with E-state index in [1.54, 1.807) is 5.01 Å². The summed E-state index contributed by atoms with van der Waals surface area (Å²) in [7, 11) is 0. The Bertz CT molecular complexity index is 229. The number of hydrazine groups is 1. The molecule has 0 saturated carbocycles. The molecule has 6 heteroatoms. The van der Waals surface area contributed by atoms with Gasteiger partial charge in [0, 0.05) is 19.6 Å². The van der Waals surface area contributed by atoms with E-state index >= 15 is 0 Å². The van der Waals surface area contributed by atoms with Crippen molar-refractivity contribution in [1.82, 2.24) is 15.8 Å². The van der Waals surface area contributed by atoms with E-state index in [2.05, 4.69) is 17.7 Å². The summed E-state index contributed by atoms with van der Waals surface area (Å²) < 4.78 is 5.15. The van der Waals surface area contributed by atoms with E-state index in [4.69, 9.17) is 9.84 Å². The maximum Gasteiger partial charge on any atom is 0.422 e. The number of rotatable bonds is 8. The van der Waals surface area contributed by atoms with Gasteiger partial charge < -0.3 is 15.2 Å². The Morgan fingerprint density at radius 3 is 2.44 bits per heavy atom. The fourth-order valence-electron chi connectivity index (χ4n) is 1.29. The summed E-state index contributed by atoms with van der Waals surface area (Å²) in [6.45, 7) is 10.2. The van der Waals surface area contributed by atoms with Gasteiger partial charge in [-0.1, -0.05) is 6.92 Å². The second-order valence-electron chi connectivity index (χ2n) is 5.07. The normalized spacial score (nSPS) is 11.7. The maximum atomic E-state index is 11.6. The molecule has 0 saturated heterocycles. The first kappa shape index (κ1) is 17.2. The molecule has 0 aliphatic carbocycles. The molecule has 6 nitrogen and oxygen atoms in total. The first-order valence-corrected chi connectivity index (χ1v) is 6.45. The lowest BCUT2D eigenvalue weighted by Gasteiger charge is -2.25. The molecule has 0 spiro atoms. The summed E-state index contributed by atoms with van der Waals surface area (Å²) in [5.74, 6) is 0. The van der Waals surface area contributed by atoms with E-state index in [9.17, 15) is 4.79 Å². The fourth-order valence-corrected chi connectivity index (χ4v) is 1.29. The molecular weight excluding hydrogens is 234 g/mol. The van der Waals surface area contributed by atoms with E-state index < -0.39 is 11.7 Å². The largest absolute Gasteiger partial charge is 0.443 e. The smallest absolute Gasteiger partial charge is 0.422 e.